The van der Waals surface area contributed by atoms with Crippen molar-refractivity contribution < 1.29 is 28.7 Å². The molecule has 166 valence electrons. The molecular weight excluding hydrogens is 456 g/mol. The zero-order valence-corrected chi connectivity index (χ0v) is 18.6. The number of benzene rings is 2. The lowest BCUT2D eigenvalue weighted by Gasteiger charge is -2.10. The molecule has 0 aromatic heterocycles. The standard InChI is InChI=1S/C22H19ClN2O6S/c1-2-30-20(27)12-25-21(28)18(32-22(25)29)11-14-6-5-7-15(10-14)31-13-19(26)24-17-9-4-3-8-16(17)23/h3-11H,2,12-13H2,1H3,(H,24,26)/b18-11-. The van der Waals surface area contributed by atoms with E-state index >= 15 is 0 Å². The molecule has 2 aromatic rings. The molecule has 1 N–H and O–H groups in total. The summed E-state index contributed by atoms with van der Waals surface area (Å²) >= 11 is 6.76. The second-order valence-electron chi connectivity index (χ2n) is 6.46. The highest BCUT2D eigenvalue weighted by Gasteiger charge is 2.36. The summed E-state index contributed by atoms with van der Waals surface area (Å²) in [5.74, 6) is -1.21. The van der Waals surface area contributed by atoms with E-state index in [0.717, 1.165) is 16.7 Å². The predicted octanol–water partition coefficient (Wildman–Crippen LogP) is 3.96. The molecule has 0 unspecified atom stereocenters. The first-order valence-electron chi connectivity index (χ1n) is 9.55. The number of thioether (sulfide) groups is 1. The quantitative estimate of drug-likeness (QED) is 0.456. The summed E-state index contributed by atoms with van der Waals surface area (Å²) in [6.07, 6.45) is 1.52. The van der Waals surface area contributed by atoms with Crippen LogP contribution < -0.4 is 10.1 Å². The molecule has 2 aromatic carbocycles. The van der Waals surface area contributed by atoms with Crippen molar-refractivity contribution in [3.05, 3.63) is 64.0 Å². The maximum Gasteiger partial charge on any atom is 0.326 e. The SMILES string of the molecule is CCOC(=O)CN1C(=O)S/C(=C\c2cccc(OCC(=O)Nc3ccccc3Cl)c2)C1=O. The number of ether oxygens (including phenoxy) is 2. The largest absolute Gasteiger partial charge is 0.484 e. The number of carbonyl (C=O) groups is 4. The summed E-state index contributed by atoms with van der Waals surface area (Å²) in [4.78, 5) is 49.3. The minimum absolute atomic E-state index is 0.161. The van der Waals surface area contributed by atoms with E-state index in [4.69, 9.17) is 21.1 Å². The van der Waals surface area contributed by atoms with Gasteiger partial charge < -0.3 is 14.8 Å². The van der Waals surface area contributed by atoms with E-state index in [2.05, 4.69) is 5.32 Å². The number of hydrogen-bond acceptors (Lipinski definition) is 7. The van der Waals surface area contributed by atoms with Crippen molar-refractivity contribution in [3.8, 4) is 5.75 Å². The number of esters is 1. The van der Waals surface area contributed by atoms with Crippen LogP contribution in [-0.4, -0.2) is 47.7 Å². The maximum absolute atomic E-state index is 12.5. The van der Waals surface area contributed by atoms with Gasteiger partial charge in [0, 0.05) is 0 Å². The molecule has 1 heterocycles. The fraction of sp³-hybridized carbons (Fsp3) is 0.182. The molecule has 0 saturated carbocycles. The van der Waals surface area contributed by atoms with Crippen LogP contribution in [0.25, 0.3) is 6.08 Å². The summed E-state index contributed by atoms with van der Waals surface area (Å²) < 4.78 is 10.3. The molecule has 8 nitrogen and oxygen atoms in total. The van der Waals surface area contributed by atoms with Gasteiger partial charge in [-0.15, -0.1) is 0 Å². The topological polar surface area (TPSA) is 102 Å². The highest BCUT2D eigenvalue weighted by molar-refractivity contribution is 8.18. The van der Waals surface area contributed by atoms with Gasteiger partial charge in [-0.25, -0.2) is 0 Å². The van der Waals surface area contributed by atoms with Gasteiger partial charge in [-0.1, -0.05) is 35.9 Å². The number of imide groups is 1. The van der Waals surface area contributed by atoms with Crippen molar-refractivity contribution >= 4 is 58.1 Å². The minimum atomic E-state index is -0.651. The summed E-state index contributed by atoms with van der Waals surface area (Å²) in [5.41, 5.74) is 1.07. The second kappa shape index (κ2) is 10.8. The van der Waals surface area contributed by atoms with Crippen LogP contribution in [0.15, 0.2) is 53.4 Å². The molecule has 32 heavy (non-hydrogen) atoms. The molecule has 3 rings (SSSR count). The van der Waals surface area contributed by atoms with Gasteiger partial charge in [0.05, 0.1) is 22.2 Å². The first kappa shape index (κ1) is 23.4. The van der Waals surface area contributed by atoms with Gasteiger partial charge in [0.1, 0.15) is 12.3 Å². The number of hydrogen-bond donors (Lipinski definition) is 1. The fourth-order valence-electron chi connectivity index (χ4n) is 2.72. The summed E-state index contributed by atoms with van der Waals surface area (Å²) in [5, 5.41) is 2.53. The van der Waals surface area contributed by atoms with Crippen LogP contribution in [0.4, 0.5) is 10.5 Å². The Hall–Kier alpha value is -3.30. The highest BCUT2D eigenvalue weighted by Crippen LogP contribution is 2.32. The van der Waals surface area contributed by atoms with Gasteiger partial charge in [-0.2, -0.15) is 0 Å². The third-order valence-electron chi connectivity index (χ3n) is 4.14. The third-order valence-corrected chi connectivity index (χ3v) is 5.38. The van der Waals surface area contributed by atoms with Gasteiger partial charge in [-0.05, 0) is 54.6 Å². The third kappa shape index (κ3) is 6.12. The molecule has 1 aliphatic rings. The lowest BCUT2D eigenvalue weighted by atomic mass is 10.2. The fourth-order valence-corrected chi connectivity index (χ4v) is 3.74. The number of amides is 3. The van der Waals surface area contributed by atoms with E-state index in [0.29, 0.717) is 22.0 Å². The van der Waals surface area contributed by atoms with Crippen LogP contribution in [-0.2, 0) is 19.1 Å². The monoisotopic (exact) mass is 474 g/mol. The van der Waals surface area contributed by atoms with Crippen molar-refractivity contribution in [3.63, 3.8) is 0 Å². The minimum Gasteiger partial charge on any atom is -0.484 e. The molecule has 1 fully saturated rings. The summed E-state index contributed by atoms with van der Waals surface area (Å²) in [6, 6.07) is 13.5. The molecule has 0 bridgehead atoms. The Balaban J connectivity index is 1.62. The van der Waals surface area contributed by atoms with Crippen LogP contribution in [0.5, 0.6) is 5.75 Å². The average Bonchev–Trinajstić information content (AvgIpc) is 3.02. The van der Waals surface area contributed by atoms with Gasteiger partial charge in [0.2, 0.25) is 0 Å². The Bertz CT molecular complexity index is 1090. The molecule has 0 atom stereocenters. The van der Waals surface area contributed by atoms with Crippen molar-refractivity contribution in [1.29, 1.82) is 0 Å². The van der Waals surface area contributed by atoms with Crippen LogP contribution in [0.3, 0.4) is 0 Å². The average molecular weight is 475 g/mol. The van der Waals surface area contributed by atoms with Gasteiger partial charge in [-0.3, -0.25) is 24.1 Å². The smallest absolute Gasteiger partial charge is 0.326 e. The maximum atomic E-state index is 12.5. The first-order valence-corrected chi connectivity index (χ1v) is 10.7. The number of halogens is 1. The Morgan fingerprint density at radius 2 is 1.94 bits per heavy atom. The molecule has 0 radical (unpaired) electrons. The summed E-state index contributed by atoms with van der Waals surface area (Å²) in [7, 11) is 0. The molecule has 10 heteroatoms. The van der Waals surface area contributed by atoms with Gasteiger partial charge in [0.15, 0.2) is 6.61 Å². The summed E-state index contributed by atoms with van der Waals surface area (Å²) in [6.45, 7) is 1.12. The van der Waals surface area contributed by atoms with Crippen LogP contribution in [0, 0.1) is 0 Å². The Kier molecular flexibility index (Phi) is 7.91. The van der Waals surface area contributed by atoms with Gasteiger partial charge >= 0.3 is 5.97 Å². The van der Waals surface area contributed by atoms with E-state index in [-0.39, 0.29) is 24.0 Å². The van der Waals surface area contributed by atoms with Crippen molar-refractivity contribution in [1.82, 2.24) is 4.90 Å². The molecule has 0 spiro atoms. The number of nitrogens with zero attached hydrogens (tertiary/aromatic N) is 1. The number of nitrogens with one attached hydrogen (secondary N) is 1. The second-order valence-corrected chi connectivity index (χ2v) is 7.86. The zero-order chi connectivity index (χ0) is 23.1. The normalized spacial score (nSPS) is 14.6. The molecule has 3 amide bonds. The molecule has 1 saturated heterocycles. The van der Waals surface area contributed by atoms with E-state index < -0.39 is 23.7 Å². The zero-order valence-electron chi connectivity index (χ0n) is 17.0. The molecule has 1 aliphatic heterocycles. The van der Waals surface area contributed by atoms with Crippen LogP contribution in [0.2, 0.25) is 5.02 Å². The number of carbonyl (C=O) groups excluding carboxylic acids is 4. The van der Waals surface area contributed by atoms with Crippen LogP contribution >= 0.6 is 23.4 Å². The highest BCUT2D eigenvalue weighted by atomic mass is 35.5. The van der Waals surface area contributed by atoms with Crippen molar-refractivity contribution in [2.24, 2.45) is 0 Å². The number of rotatable bonds is 8. The molecule has 0 aliphatic carbocycles. The van der Waals surface area contributed by atoms with E-state index in [9.17, 15) is 19.2 Å². The van der Waals surface area contributed by atoms with Crippen LogP contribution in [0.1, 0.15) is 12.5 Å². The Labute approximate surface area is 193 Å². The van der Waals surface area contributed by atoms with Gasteiger partial charge in [0.25, 0.3) is 17.1 Å². The number of anilines is 1. The Morgan fingerprint density at radius 3 is 2.69 bits per heavy atom. The molecular formula is C22H19ClN2O6S. The lowest BCUT2D eigenvalue weighted by Crippen LogP contribution is -2.34. The Morgan fingerprint density at radius 1 is 1.16 bits per heavy atom. The van der Waals surface area contributed by atoms with E-state index in [1.165, 1.54) is 6.08 Å². The number of para-hydroxylation sites is 1. The van der Waals surface area contributed by atoms with E-state index in [1.54, 1.807) is 55.5 Å². The predicted molar refractivity (Wildman–Crippen MR) is 121 cm³/mol. The first-order chi connectivity index (χ1) is 15.4. The lowest BCUT2D eigenvalue weighted by molar-refractivity contribution is -0.146. The van der Waals surface area contributed by atoms with E-state index in [1.807, 2.05) is 0 Å². The van der Waals surface area contributed by atoms with Crippen molar-refractivity contribution in [2.45, 2.75) is 6.92 Å². The van der Waals surface area contributed by atoms with Crippen molar-refractivity contribution in [2.75, 3.05) is 25.1 Å².